The van der Waals surface area contributed by atoms with Gasteiger partial charge in [-0.2, -0.15) is 0 Å². The van der Waals surface area contributed by atoms with E-state index in [0.29, 0.717) is 13.2 Å². The molecule has 0 amide bonds. The minimum atomic E-state index is 0.194. The lowest BCUT2D eigenvalue weighted by atomic mass is 10.2. The van der Waals surface area contributed by atoms with Gasteiger partial charge in [0.05, 0.1) is 13.2 Å². The van der Waals surface area contributed by atoms with Crippen LogP contribution in [0.25, 0.3) is 0 Å². The van der Waals surface area contributed by atoms with Crippen LogP contribution in [0.2, 0.25) is 0 Å². The lowest BCUT2D eigenvalue weighted by Gasteiger charge is -2.07. The minimum absolute atomic E-state index is 0.194. The molecule has 0 spiro atoms. The van der Waals surface area contributed by atoms with Gasteiger partial charge >= 0.3 is 0 Å². The molecule has 0 saturated heterocycles. The van der Waals surface area contributed by atoms with Crippen LogP contribution in [-0.2, 0) is 6.42 Å². The van der Waals surface area contributed by atoms with Gasteiger partial charge in [0, 0.05) is 6.54 Å². The summed E-state index contributed by atoms with van der Waals surface area (Å²) in [5, 5.41) is 11.7. The summed E-state index contributed by atoms with van der Waals surface area (Å²) in [5.74, 6) is 0.930. The second-order valence-corrected chi connectivity index (χ2v) is 3.67. The zero-order chi connectivity index (χ0) is 11.6. The van der Waals surface area contributed by atoms with E-state index in [4.69, 9.17) is 9.84 Å². The Labute approximate surface area is 97.4 Å². The van der Waals surface area contributed by atoms with Crippen molar-refractivity contribution in [3.05, 3.63) is 29.8 Å². The van der Waals surface area contributed by atoms with Crippen LogP contribution in [0.1, 0.15) is 18.9 Å². The first-order valence-corrected chi connectivity index (χ1v) is 5.90. The van der Waals surface area contributed by atoms with E-state index in [-0.39, 0.29) is 6.61 Å². The summed E-state index contributed by atoms with van der Waals surface area (Å²) in [4.78, 5) is 0. The Morgan fingerprint density at radius 1 is 1.19 bits per heavy atom. The van der Waals surface area contributed by atoms with Crippen LogP contribution < -0.4 is 10.1 Å². The Morgan fingerprint density at radius 3 is 2.56 bits per heavy atom. The van der Waals surface area contributed by atoms with E-state index in [1.54, 1.807) is 0 Å². The molecule has 0 saturated carbocycles. The molecule has 0 unspecified atom stereocenters. The average molecular weight is 223 g/mol. The van der Waals surface area contributed by atoms with Crippen molar-refractivity contribution in [2.45, 2.75) is 19.8 Å². The van der Waals surface area contributed by atoms with E-state index in [2.05, 4.69) is 24.4 Å². The molecule has 1 aromatic rings. The van der Waals surface area contributed by atoms with Gasteiger partial charge in [-0.15, -0.1) is 0 Å². The Hall–Kier alpha value is -1.06. The summed E-state index contributed by atoms with van der Waals surface area (Å²) < 4.78 is 5.58. The van der Waals surface area contributed by atoms with Crippen LogP contribution in [0.4, 0.5) is 0 Å². The highest BCUT2D eigenvalue weighted by molar-refractivity contribution is 5.27. The number of hydrogen-bond donors (Lipinski definition) is 2. The third-order valence-electron chi connectivity index (χ3n) is 2.39. The number of rotatable bonds is 8. The van der Waals surface area contributed by atoms with Crippen LogP contribution >= 0.6 is 0 Å². The number of ether oxygens (including phenoxy) is 1. The van der Waals surface area contributed by atoms with Gasteiger partial charge in [-0.3, -0.25) is 0 Å². The standard InChI is InChI=1S/C13H21NO2/c1-2-12-4-6-13(7-5-12)16-11-3-8-14-9-10-15/h4-7,14-15H,2-3,8-11H2,1H3. The summed E-state index contributed by atoms with van der Waals surface area (Å²) >= 11 is 0. The number of hydrogen-bond acceptors (Lipinski definition) is 3. The number of aryl methyl sites for hydroxylation is 1. The Morgan fingerprint density at radius 2 is 1.94 bits per heavy atom. The predicted octanol–water partition coefficient (Wildman–Crippen LogP) is 1.60. The largest absolute Gasteiger partial charge is 0.494 e. The maximum absolute atomic E-state index is 8.56. The van der Waals surface area contributed by atoms with Crippen molar-refractivity contribution in [3.8, 4) is 5.75 Å². The Balaban J connectivity index is 2.12. The average Bonchev–Trinajstić information content (AvgIpc) is 2.34. The van der Waals surface area contributed by atoms with Crippen molar-refractivity contribution < 1.29 is 9.84 Å². The predicted molar refractivity (Wildman–Crippen MR) is 65.9 cm³/mol. The second kappa shape index (κ2) is 8.13. The molecule has 0 heterocycles. The van der Waals surface area contributed by atoms with Crippen LogP contribution in [-0.4, -0.2) is 31.4 Å². The normalized spacial score (nSPS) is 10.4. The highest BCUT2D eigenvalue weighted by atomic mass is 16.5. The molecular formula is C13H21NO2. The fourth-order valence-corrected chi connectivity index (χ4v) is 1.41. The van der Waals surface area contributed by atoms with E-state index < -0.39 is 0 Å². The maximum atomic E-state index is 8.56. The molecule has 0 atom stereocenters. The van der Waals surface area contributed by atoms with Gasteiger partial charge in [0.1, 0.15) is 5.75 Å². The molecule has 3 heteroatoms. The van der Waals surface area contributed by atoms with Crippen molar-refractivity contribution in [1.82, 2.24) is 5.32 Å². The van der Waals surface area contributed by atoms with Gasteiger partial charge in [-0.05, 0) is 37.1 Å². The molecule has 3 nitrogen and oxygen atoms in total. The second-order valence-electron chi connectivity index (χ2n) is 3.67. The van der Waals surface area contributed by atoms with E-state index in [9.17, 15) is 0 Å². The van der Waals surface area contributed by atoms with Crippen LogP contribution in [0, 0.1) is 0 Å². The smallest absolute Gasteiger partial charge is 0.119 e. The van der Waals surface area contributed by atoms with Gasteiger partial charge in [-0.1, -0.05) is 19.1 Å². The van der Waals surface area contributed by atoms with Gasteiger partial charge in [0.15, 0.2) is 0 Å². The lowest BCUT2D eigenvalue weighted by Crippen LogP contribution is -2.20. The van der Waals surface area contributed by atoms with Gasteiger partial charge < -0.3 is 15.2 Å². The van der Waals surface area contributed by atoms with Crippen molar-refractivity contribution >= 4 is 0 Å². The fraction of sp³-hybridized carbons (Fsp3) is 0.538. The third kappa shape index (κ3) is 5.14. The molecule has 0 fully saturated rings. The zero-order valence-electron chi connectivity index (χ0n) is 9.91. The molecule has 0 aliphatic carbocycles. The van der Waals surface area contributed by atoms with Crippen LogP contribution in [0.5, 0.6) is 5.75 Å². The van der Waals surface area contributed by atoms with E-state index in [1.165, 1.54) is 5.56 Å². The summed E-state index contributed by atoms with van der Waals surface area (Å²) in [7, 11) is 0. The molecule has 0 aliphatic rings. The lowest BCUT2D eigenvalue weighted by molar-refractivity contribution is 0.282. The third-order valence-corrected chi connectivity index (χ3v) is 2.39. The van der Waals surface area contributed by atoms with E-state index >= 15 is 0 Å². The first-order chi connectivity index (χ1) is 7.86. The Kier molecular flexibility index (Phi) is 6.61. The van der Waals surface area contributed by atoms with Crippen LogP contribution in [0.15, 0.2) is 24.3 Å². The maximum Gasteiger partial charge on any atom is 0.119 e. The van der Waals surface area contributed by atoms with E-state index in [1.807, 2.05) is 12.1 Å². The number of aliphatic hydroxyl groups excluding tert-OH is 1. The molecule has 0 aliphatic heterocycles. The first kappa shape index (κ1) is 13.0. The highest BCUT2D eigenvalue weighted by Gasteiger charge is 1.94. The van der Waals surface area contributed by atoms with Crippen LogP contribution in [0.3, 0.4) is 0 Å². The molecule has 0 aromatic heterocycles. The van der Waals surface area contributed by atoms with Gasteiger partial charge in [0.25, 0.3) is 0 Å². The molecule has 1 aromatic carbocycles. The minimum Gasteiger partial charge on any atom is -0.494 e. The first-order valence-electron chi connectivity index (χ1n) is 5.90. The zero-order valence-corrected chi connectivity index (χ0v) is 9.91. The molecule has 1 rings (SSSR count). The van der Waals surface area contributed by atoms with E-state index in [0.717, 1.165) is 25.1 Å². The molecule has 0 radical (unpaired) electrons. The summed E-state index contributed by atoms with van der Waals surface area (Å²) in [6.07, 6.45) is 2.01. The topological polar surface area (TPSA) is 41.5 Å². The number of benzene rings is 1. The number of nitrogens with one attached hydrogen (secondary N) is 1. The van der Waals surface area contributed by atoms with Crippen molar-refractivity contribution in [3.63, 3.8) is 0 Å². The van der Waals surface area contributed by atoms with Crippen molar-refractivity contribution in [1.29, 1.82) is 0 Å². The molecular weight excluding hydrogens is 202 g/mol. The summed E-state index contributed by atoms with van der Waals surface area (Å²) in [5.41, 5.74) is 1.33. The number of aliphatic hydroxyl groups is 1. The van der Waals surface area contributed by atoms with Crippen molar-refractivity contribution in [2.75, 3.05) is 26.3 Å². The summed E-state index contributed by atoms with van der Waals surface area (Å²) in [6.45, 7) is 4.59. The summed E-state index contributed by atoms with van der Waals surface area (Å²) in [6, 6.07) is 8.22. The van der Waals surface area contributed by atoms with Gasteiger partial charge in [0.2, 0.25) is 0 Å². The quantitative estimate of drug-likeness (QED) is 0.658. The monoisotopic (exact) mass is 223 g/mol. The van der Waals surface area contributed by atoms with Gasteiger partial charge in [-0.25, -0.2) is 0 Å². The molecule has 0 bridgehead atoms. The van der Waals surface area contributed by atoms with Crippen molar-refractivity contribution in [2.24, 2.45) is 0 Å². The SMILES string of the molecule is CCc1ccc(OCCCNCCO)cc1. The molecule has 16 heavy (non-hydrogen) atoms. The molecule has 90 valence electrons. The highest BCUT2D eigenvalue weighted by Crippen LogP contribution is 2.12. The molecule has 2 N–H and O–H groups in total. The fourth-order valence-electron chi connectivity index (χ4n) is 1.41. The Bertz CT molecular complexity index is 272.